The lowest BCUT2D eigenvalue weighted by atomic mass is 10.2. The summed E-state index contributed by atoms with van der Waals surface area (Å²) >= 11 is 0. The first kappa shape index (κ1) is 24.3. The smallest absolute Gasteiger partial charge is 0.262 e. The number of ether oxygens (including phenoxy) is 1. The van der Waals surface area contributed by atoms with Crippen LogP contribution >= 0.6 is 0 Å². The first-order valence-electron chi connectivity index (χ1n) is 10.9. The summed E-state index contributed by atoms with van der Waals surface area (Å²) in [5, 5.41) is 2.74. The predicted octanol–water partition coefficient (Wildman–Crippen LogP) is 5.03. The van der Waals surface area contributed by atoms with Gasteiger partial charge in [0.05, 0.1) is 0 Å². The Kier molecular flexibility index (Phi) is 7.09. The highest BCUT2D eigenvalue weighted by molar-refractivity contribution is 5.92. The average Bonchev–Trinajstić information content (AvgIpc) is 2.87. The molecule has 35 heavy (non-hydrogen) atoms. The molecule has 0 atom stereocenters. The van der Waals surface area contributed by atoms with E-state index in [9.17, 15) is 26.7 Å². The number of halogens is 5. The molecule has 0 saturated carbocycles. The predicted molar refractivity (Wildman–Crippen MR) is 122 cm³/mol. The second kappa shape index (κ2) is 10.2. The number of benzene rings is 3. The lowest BCUT2D eigenvalue weighted by Gasteiger charge is -2.37. The number of nitrogens with zero attached hydrogens (tertiary/aromatic N) is 2. The maximum atomic E-state index is 14.1. The second-order valence-electron chi connectivity index (χ2n) is 8.04. The summed E-state index contributed by atoms with van der Waals surface area (Å²) < 4.78 is 74.1. The van der Waals surface area contributed by atoms with Crippen molar-refractivity contribution < 1.29 is 31.5 Å². The minimum absolute atomic E-state index is 0.0626. The maximum Gasteiger partial charge on any atom is 0.262 e. The third-order valence-electron chi connectivity index (χ3n) is 5.75. The fourth-order valence-electron chi connectivity index (χ4n) is 3.87. The Labute approximate surface area is 198 Å². The fraction of sp³-hybridized carbons (Fsp3) is 0.240. The molecule has 3 aromatic carbocycles. The average molecular weight is 491 g/mol. The van der Waals surface area contributed by atoms with Crippen molar-refractivity contribution >= 4 is 23.0 Å². The fourth-order valence-corrected chi connectivity index (χ4v) is 3.87. The highest BCUT2D eigenvalue weighted by Gasteiger charge is 2.30. The number of aryl methyl sites for hydroxylation is 1. The van der Waals surface area contributed by atoms with E-state index in [2.05, 4.69) is 5.32 Å². The van der Waals surface area contributed by atoms with E-state index in [-0.39, 0.29) is 25.6 Å². The van der Waals surface area contributed by atoms with Crippen LogP contribution in [-0.4, -0.2) is 38.7 Å². The molecule has 0 spiro atoms. The molecule has 1 heterocycles. The summed E-state index contributed by atoms with van der Waals surface area (Å²) in [6, 6.07) is 14.3. The first-order chi connectivity index (χ1) is 16.8. The summed E-state index contributed by atoms with van der Waals surface area (Å²) in [6.45, 7) is 2.46. The standard InChI is InChI=1S/C25H22F5N3O2/c1-15-4-2-3-5-18(15)35-14-19(34)31-16-6-8-17(9-7-16)32-10-12-33(13-11-32)25-23(29)21(27)20(26)22(28)24(25)30/h2-9H,10-14H2,1H3,(H,31,34). The molecule has 0 radical (unpaired) electrons. The van der Waals surface area contributed by atoms with Gasteiger partial charge in [-0.05, 0) is 42.8 Å². The van der Waals surface area contributed by atoms with Gasteiger partial charge in [-0.15, -0.1) is 0 Å². The molecule has 1 fully saturated rings. The largest absolute Gasteiger partial charge is 0.483 e. The quantitative estimate of drug-likeness (QED) is 0.298. The van der Waals surface area contributed by atoms with Crippen LogP contribution in [-0.2, 0) is 4.79 Å². The zero-order chi connectivity index (χ0) is 25.1. The molecule has 0 aromatic heterocycles. The first-order valence-corrected chi connectivity index (χ1v) is 10.9. The van der Waals surface area contributed by atoms with Crippen molar-refractivity contribution in [2.45, 2.75) is 6.92 Å². The van der Waals surface area contributed by atoms with Gasteiger partial charge in [0.25, 0.3) is 5.91 Å². The highest BCUT2D eigenvalue weighted by atomic mass is 19.2. The summed E-state index contributed by atoms with van der Waals surface area (Å²) in [5.41, 5.74) is 1.36. The zero-order valence-corrected chi connectivity index (χ0v) is 18.8. The van der Waals surface area contributed by atoms with E-state index >= 15 is 0 Å². The molecule has 5 nitrogen and oxygen atoms in total. The maximum absolute atomic E-state index is 14.1. The van der Waals surface area contributed by atoms with Gasteiger partial charge in [-0.2, -0.15) is 0 Å². The monoisotopic (exact) mass is 491 g/mol. The summed E-state index contributed by atoms with van der Waals surface area (Å²) in [4.78, 5) is 15.2. The van der Waals surface area contributed by atoms with Crippen LogP contribution < -0.4 is 19.9 Å². The Bertz CT molecular complexity index is 1200. The second-order valence-corrected chi connectivity index (χ2v) is 8.04. The molecule has 1 aliphatic rings. The van der Waals surface area contributed by atoms with Crippen molar-refractivity contribution in [3.05, 3.63) is 83.2 Å². The van der Waals surface area contributed by atoms with Gasteiger partial charge in [-0.1, -0.05) is 18.2 Å². The van der Waals surface area contributed by atoms with Gasteiger partial charge in [-0.3, -0.25) is 4.79 Å². The summed E-state index contributed by atoms with van der Waals surface area (Å²) in [7, 11) is 0. The molecule has 0 unspecified atom stereocenters. The molecule has 184 valence electrons. The Morgan fingerprint density at radius 1 is 0.800 bits per heavy atom. The lowest BCUT2D eigenvalue weighted by Crippen LogP contribution is -2.47. The molecule has 0 aliphatic carbocycles. The van der Waals surface area contributed by atoms with Crippen LogP contribution in [0.4, 0.5) is 39.0 Å². The van der Waals surface area contributed by atoms with Gasteiger partial charge in [0.15, 0.2) is 29.9 Å². The van der Waals surface area contributed by atoms with Gasteiger partial charge in [0, 0.05) is 37.6 Å². The molecular formula is C25H22F5N3O2. The van der Waals surface area contributed by atoms with E-state index < -0.39 is 34.8 Å². The lowest BCUT2D eigenvalue weighted by molar-refractivity contribution is -0.118. The number of piperazine rings is 1. The molecule has 0 bridgehead atoms. The Hall–Kier alpha value is -3.82. The molecule has 1 N–H and O–H groups in total. The molecule has 10 heteroatoms. The van der Waals surface area contributed by atoms with Crippen LogP contribution in [0, 0.1) is 36.0 Å². The summed E-state index contributed by atoms with van der Waals surface area (Å²) in [5.74, 6) is -9.44. The number of carbonyl (C=O) groups excluding carboxylic acids is 1. The molecule has 1 amide bonds. The minimum atomic E-state index is -2.17. The van der Waals surface area contributed by atoms with E-state index in [0.717, 1.165) is 16.2 Å². The number of nitrogens with one attached hydrogen (secondary N) is 1. The van der Waals surface area contributed by atoms with Crippen molar-refractivity contribution in [3.8, 4) is 5.75 Å². The van der Waals surface area contributed by atoms with Crippen LogP contribution in [0.2, 0.25) is 0 Å². The van der Waals surface area contributed by atoms with Crippen molar-refractivity contribution in [1.29, 1.82) is 0 Å². The van der Waals surface area contributed by atoms with Gasteiger partial charge in [-0.25, -0.2) is 22.0 Å². The van der Waals surface area contributed by atoms with Crippen LogP contribution in [0.5, 0.6) is 5.75 Å². The number of rotatable bonds is 6. The number of para-hydroxylation sites is 1. The Morgan fingerprint density at radius 3 is 1.94 bits per heavy atom. The van der Waals surface area contributed by atoms with Crippen LogP contribution in [0.3, 0.4) is 0 Å². The Balaban J connectivity index is 1.33. The zero-order valence-electron chi connectivity index (χ0n) is 18.8. The minimum Gasteiger partial charge on any atom is -0.483 e. The van der Waals surface area contributed by atoms with Gasteiger partial charge in [0.1, 0.15) is 11.4 Å². The van der Waals surface area contributed by atoms with E-state index in [1.54, 1.807) is 30.3 Å². The highest BCUT2D eigenvalue weighted by Crippen LogP contribution is 2.31. The third kappa shape index (κ3) is 5.16. The van der Waals surface area contributed by atoms with E-state index in [0.29, 0.717) is 24.5 Å². The van der Waals surface area contributed by atoms with Crippen molar-refractivity contribution in [3.63, 3.8) is 0 Å². The van der Waals surface area contributed by atoms with Gasteiger partial charge < -0.3 is 19.9 Å². The van der Waals surface area contributed by atoms with Crippen molar-refractivity contribution in [1.82, 2.24) is 0 Å². The number of carbonyl (C=O) groups is 1. The van der Waals surface area contributed by atoms with Crippen LogP contribution in [0.1, 0.15) is 5.56 Å². The Morgan fingerprint density at radius 2 is 1.34 bits per heavy atom. The topological polar surface area (TPSA) is 44.8 Å². The van der Waals surface area contributed by atoms with Gasteiger partial charge >= 0.3 is 0 Å². The number of anilines is 3. The number of hydrogen-bond acceptors (Lipinski definition) is 4. The molecule has 3 aromatic rings. The van der Waals surface area contributed by atoms with Crippen molar-refractivity contribution in [2.75, 3.05) is 47.9 Å². The SMILES string of the molecule is Cc1ccccc1OCC(=O)Nc1ccc(N2CCN(c3c(F)c(F)c(F)c(F)c3F)CC2)cc1. The number of hydrogen-bond donors (Lipinski definition) is 1. The van der Waals surface area contributed by atoms with Crippen LogP contribution in [0.25, 0.3) is 0 Å². The third-order valence-corrected chi connectivity index (χ3v) is 5.75. The molecule has 4 rings (SSSR count). The van der Waals surface area contributed by atoms with Gasteiger partial charge in [0.2, 0.25) is 5.82 Å². The molecule has 1 aliphatic heterocycles. The normalized spacial score (nSPS) is 13.7. The molecular weight excluding hydrogens is 469 g/mol. The van der Waals surface area contributed by atoms with Crippen LogP contribution in [0.15, 0.2) is 48.5 Å². The summed E-state index contributed by atoms with van der Waals surface area (Å²) in [6.07, 6.45) is 0. The number of amides is 1. The van der Waals surface area contributed by atoms with E-state index in [1.807, 2.05) is 30.0 Å². The molecule has 1 saturated heterocycles. The van der Waals surface area contributed by atoms with E-state index in [1.165, 1.54) is 0 Å². The van der Waals surface area contributed by atoms with E-state index in [4.69, 9.17) is 4.74 Å². The van der Waals surface area contributed by atoms with Crippen molar-refractivity contribution in [2.24, 2.45) is 0 Å².